The van der Waals surface area contributed by atoms with Crippen LogP contribution in [0.2, 0.25) is 5.02 Å². The van der Waals surface area contributed by atoms with Crippen molar-refractivity contribution in [2.24, 2.45) is 0 Å². The summed E-state index contributed by atoms with van der Waals surface area (Å²) in [7, 11) is 0. The molecule has 0 fully saturated rings. The van der Waals surface area contributed by atoms with Crippen molar-refractivity contribution in [2.75, 3.05) is 0 Å². The Bertz CT molecular complexity index is 1090. The molecule has 0 saturated heterocycles. The largest absolute Gasteiger partial charge is 0.417 e. The van der Waals surface area contributed by atoms with Crippen LogP contribution in [0.1, 0.15) is 34.4 Å². The lowest BCUT2D eigenvalue weighted by Crippen LogP contribution is -2.46. The number of amides is 1. The van der Waals surface area contributed by atoms with Crippen LogP contribution >= 0.6 is 11.6 Å². The van der Waals surface area contributed by atoms with E-state index in [9.17, 15) is 18.0 Å². The van der Waals surface area contributed by atoms with E-state index in [1.807, 2.05) is 13.8 Å². The molecule has 1 aliphatic heterocycles. The topological polar surface area (TPSA) is 79.7 Å². The first-order valence-corrected chi connectivity index (χ1v) is 9.15. The molecule has 2 aromatic heterocycles. The van der Waals surface area contributed by atoms with E-state index in [1.54, 1.807) is 10.6 Å². The van der Waals surface area contributed by atoms with Crippen molar-refractivity contribution in [1.82, 2.24) is 29.9 Å². The number of fused-ring (bicyclic) bond motifs is 1. The van der Waals surface area contributed by atoms with Crippen LogP contribution in [0.15, 0.2) is 24.3 Å². The standard InChI is InChI=1S/C18H16ClF3N6O/c1-9-6-13(24-23-9)15-25-26-16-17(29)27(10(2)7-28(15)16)8-11-4-3-5-12(14(11)19)18(20,21)22/h3-6,10H,7-8H2,1-2H3,(H,23,24)/t10-/m0/s1. The third-order valence-electron chi connectivity index (χ3n) is 4.84. The van der Waals surface area contributed by atoms with Crippen molar-refractivity contribution in [3.63, 3.8) is 0 Å². The van der Waals surface area contributed by atoms with Crippen LogP contribution in [0.4, 0.5) is 13.2 Å². The molecule has 7 nitrogen and oxygen atoms in total. The van der Waals surface area contributed by atoms with Crippen molar-refractivity contribution in [1.29, 1.82) is 0 Å². The molecule has 4 rings (SSSR count). The van der Waals surface area contributed by atoms with Gasteiger partial charge in [0, 0.05) is 24.8 Å². The highest BCUT2D eigenvalue weighted by atomic mass is 35.5. The molecule has 29 heavy (non-hydrogen) atoms. The smallest absolute Gasteiger partial charge is 0.327 e. The summed E-state index contributed by atoms with van der Waals surface area (Å²) in [5.74, 6) is 0.145. The molecule has 1 amide bonds. The normalized spacial score (nSPS) is 17.0. The third-order valence-corrected chi connectivity index (χ3v) is 5.29. The lowest BCUT2D eigenvalue weighted by molar-refractivity contribution is -0.137. The molecule has 1 atom stereocenters. The number of benzene rings is 1. The summed E-state index contributed by atoms with van der Waals surface area (Å²) < 4.78 is 41.1. The fraction of sp³-hybridized carbons (Fsp3) is 0.333. The summed E-state index contributed by atoms with van der Waals surface area (Å²) in [6, 6.07) is 5.16. The molecule has 1 aliphatic rings. The van der Waals surface area contributed by atoms with Gasteiger partial charge in [0.05, 0.1) is 10.6 Å². The van der Waals surface area contributed by atoms with Gasteiger partial charge in [0.2, 0.25) is 5.82 Å². The number of halogens is 4. The minimum Gasteiger partial charge on any atom is -0.327 e. The number of hydrogen-bond acceptors (Lipinski definition) is 4. The highest BCUT2D eigenvalue weighted by Crippen LogP contribution is 2.37. The maximum atomic E-state index is 13.1. The monoisotopic (exact) mass is 424 g/mol. The molecule has 0 aliphatic carbocycles. The van der Waals surface area contributed by atoms with Crippen molar-refractivity contribution < 1.29 is 18.0 Å². The number of rotatable bonds is 3. The van der Waals surface area contributed by atoms with E-state index in [2.05, 4.69) is 20.4 Å². The predicted molar refractivity (Wildman–Crippen MR) is 98.1 cm³/mol. The van der Waals surface area contributed by atoms with Crippen LogP contribution in [0, 0.1) is 6.92 Å². The molecular weight excluding hydrogens is 409 g/mol. The van der Waals surface area contributed by atoms with Crippen LogP contribution in [0.5, 0.6) is 0 Å². The van der Waals surface area contributed by atoms with E-state index in [0.717, 1.165) is 11.8 Å². The Kier molecular flexibility index (Phi) is 4.60. The summed E-state index contributed by atoms with van der Waals surface area (Å²) in [6.07, 6.45) is -4.57. The van der Waals surface area contributed by atoms with Gasteiger partial charge in [-0.05, 0) is 31.5 Å². The number of hydrogen-bond donors (Lipinski definition) is 1. The highest BCUT2D eigenvalue weighted by molar-refractivity contribution is 6.32. The second-order valence-corrected chi connectivity index (χ2v) is 7.33. The highest BCUT2D eigenvalue weighted by Gasteiger charge is 2.37. The maximum absolute atomic E-state index is 13.1. The minimum absolute atomic E-state index is 0.0630. The van der Waals surface area contributed by atoms with Crippen molar-refractivity contribution in [3.8, 4) is 11.5 Å². The lowest BCUT2D eigenvalue weighted by Gasteiger charge is -2.34. The van der Waals surface area contributed by atoms with Gasteiger partial charge in [-0.1, -0.05) is 23.7 Å². The van der Waals surface area contributed by atoms with E-state index in [-0.39, 0.29) is 24.0 Å². The van der Waals surface area contributed by atoms with E-state index in [0.29, 0.717) is 18.1 Å². The number of nitrogens with one attached hydrogen (secondary N) is 1. The first-order chi connectivity index (χ1) is 13.7. The second-order valence-electron chi connectivity index (χ2n) is 6.95. The van der Waals surface area contributed by atoms with Crippen LogP contribution in [-0.4, -0.2) is 41.8 Å². The molecule has 11 heteroatoms. The molecule has 0 spiro atoms. The van der Waals surface area contributed by atoms with Gasteiger partial charge in [0.15, 0.2) is 5.82 Å². The molecular formula is C18H16ClF3N6O. The summed E-state index contributed by atoms with van der Waals surface area (Å²) in [4.78, 5) is 14.4. The Labute approximate surface area is 168 Å². The molecule has 1 N–H and O–H groups in total. The van der Waals surface area contributed by atoms with E-state index >= 15 is 0 Å². The SMILES string of the molecule is Cc1cc(-c2nnc3n2C[C@H](C)N(Cc2cccc(C(F)(F)F)c2Cl)C3=O)n[nH]1. The summed E-state index contributed by atoms with van der Waals surface area (Å²) in [5.41, 5.74) is 0.704. The molecule has 0 unspecified atom stereocenters. The fourth-order valence-electron chi connectivity index (χ4n) is 3.38. The number of aryl methyl sites for hydroxylation is 1. The Morgan fingerprint density at radius 3 is 2.66 bits per heavy atom. The van der Waals surface area contributed by atoms with Gasteiger partial charge in [-0.15, -0.1) is 10.2 Å². The number of H-pyrrole nitrogens is 1. The third kappa shape index (κ3) is 3.37. The first-order valence-electron chi connectivity index (χ1n) is 8.78. The minimum atomic E-state index is -4.57. The summed E-state index contributed by atoms with van der Waals surface area (Å²) >= 11 is 5.99. The van der Waals surface area contributed by atoms with E-state index in [1.165, 1.54) is 17.0 Å². The van der Waals surface area contributed by atoms with E-state index < -0.39 is 22.7 Å². The molecule has 3 aromatic rings. The zero-order valence-corrected chi connectivity index (χ0v) is 16.2. The lowest BCUT2D eigenvalue weighted by atomic mass is 10.1. The van der Waals surface area contributed by atoms with Gasteiger partial charge in [0.25, 0.3) is 5.91 Å². The van der Waals surface area contributed by atoms with Crippen molar-refractivity contribution in [3.05, 3.63) is 51.9 Å². The molecule has 0 saturated carbocycles. The summed E-state index contributed by atoms with van der Waals surface area (Å²) in [6.45, 7) is 3.97. The molecule has 0 radical (unpaired) electrons. The van der Waals surface area contributed by atoms with Gasteiger partial charge in [-0.2, -0.15) is 18.3 Å². The maximum Gasteiger partial charge on any atom is 0.417 e. The molecule has 0 bridgehead atoms. The second kappa shape index (κ2) is 6.87. The number of aromatic nitrogens is 5. The Morgan fingerprint density at radius 2 is 2.00 bits per heavy atom. The first kappa shape index (κ1) is 19.4. The predicted octanol–water partition coefficient (Wildman–Crippen LogP) is 3.69. The van der Waals surface area contributed by atoms with Crippen LogP contribution in [-0.2, 0) is 19.3 Å². The zero-order chi connectivity index (χ0) is 20.9. The van der Waals surface area contributed by atoms with E-state index in [4.69, 9.17) is 11.6 Å². The molecule has 1 aromatic carbocycles. The average molecular weight is 425 g/mol. The summed E-state index contributed by atoms with van der Waals surface area (Å²) in [5, 5.41) is 14.6. The van der Waals surface area contributed by atoms with Crippen LogP contribution in [0.3, 0.4) is 0 Å². The number of carbonyl (C=O) groups excluding carboxylic acids is 1. The van der Waals surface area contributed by atoms with Gasteiger partial charge >= 0.3 is 6.18 Å². The Morgan fingerprint density at radius 1 is 1.28 bits per heavy atom. The number of aromatic amines is 1. The van der Waals surface area contributed by atoms with Gasteiger partial charge < -0.3 is 4.90 Å². The quantitative estimate of drug-likeness (QED) is 0.695. The van der Waals surface area contributed by atoms with Gasteiger partial charge in [-0.3, -0.25) is 14.5 Å². The fourth-order valence-corrected chi connectivity index (χ4v) is 3.67. The average Bonchev–Trinajstić information content (AvgIpc) is 3.25. The molecule has 152 valence electrons. The van der Waals surface area contributed by atoms with Crippen LogP contribution < -0.4 is 0 Å². The number of nitrogens with zero attached hydrogens (tertiary/aromatic N) is 5. The van der Waals surface area contributed by atoms with Crippen LogP contribution in [0.25, 0.3) is 11.5 Å². The van der Waals surface area contributed by atoms with Gasteiger partial charge in [-0.25, -0.2) is 0 Å². The van der Waals surface area contributed by atoms with Gasteiger partial charge in [0.1, 0.15) is 5.69 Å². The Hall–Kier alpha value is -2.88. The van der Waals surface area contributed by atoms with Crippen molar-refractivity contribution >= 4 is 17.5 Å². The number of alkyl halides is 3. The number of carbonyl (C=O) groups is 1. The van der Waals surface area contributed by atoms with Crippen molar-refractivity contribution in [2.45, 2.75) is 39.2 Å². The Balaban J connectivity index is 1.66. The molecule has 3 heterocycles. The zero-order valence-electron chi connectivity index (χ0n) is 15.5.